The van der Waals surface area contributed by atoms with E-state index < -0.39 is 0 Å². The Hall–Kier alpha value is -2.15. The van der Waals surface area contributed by atoms with Gasteiger partial charge in [0.05, 0.1) is 5.69 Å². The third-order valence-corrected chi connectivity index (χ3v) is 3.76. The molecule has 1 amide bonds. The number of nitrogens with one attached hydrogen (secondary N) is 1. The minimum atomic E-state index is -0.367. The minimum absolute atomic E-state index is 0.149. The first-order valence-corrected chi connectivity index (χ1v) is 7.01. The second-order valence-electron chi connectivity index (χ2n) is 4.44. The van der Waals surface area contributed by atoms with Crippen molar-refractivity contribution in [3.8, 4) is 0 Å². The van der Waals surface area contributed by atoms with E-state index in [0.29, 0.717) is 18.1 Å². The summed E-state index contributed by atoms with van der Waals surface area (Å²) in [6.45, 7) is 2.23. The van der Waals surface area contributed by atoms with Crippen LogP contribution in [-0.2, 0) is 13.5 Å². The van der Waals surface area contributed by atoms with Crippen molar-refractivity contribution < 1.29 is 4.79 Å². The number of pyridine rings is 1. The summed E-state index contributed by atoms with van der Waals surface area (Å²) in [6, 6.07) is 3.30. The van der Waals surface area contributed by atoms with Gasteiger partial charge in [-0.2, -0.15) is 0 Å². The van der Waals surface area contributed by atoms with E-state index in [1.165, 1.54) is 15.9 Å². The van der Waals surface area contributed by atoms with Crippen molar-refractivity contribution in [1.29, 1.82) is 0 Å². The van der Waals surface area contributed by atoms with Crippen LogP contribution < -0.4 is 16.6 Å². The highest BCUT2D eigenvalue weighted by molar-refractivity contribution is 7.13. The molecule has 0 aliphatic rings. The number of nitrogens with zero attached hydrogens (tertiary/aromatic N) is 2. The van der Waals surface area contributed by atoms with Gasteiger partial charge in [0.15, 0.2) is 5.13 Å². The molecule has 0 spiro atoms. The molecule has 0 aromatic carbocycles. The van der Waals surface area contributed by atoms with Crippen LogP contribution in [0.2, 0.25) is 0 Å². The van der Waals surface area contributed by atoms with Gasteiger partial charge < -0.3 is 15.6 Å². The van der Waals surface area contributed by atoms with Crippen molar-refractivity contribution in [3.05, 3.63) is 44.8 Å². The Bertz CT molecular complexity index is 690. The SMILES string of the molecule is Cc1ccc(C(=O)NCCc2csc(N)n2)c(=O)n1C. The second kappa shape index (κ2) is 5.87. The average Bonchev–Trinajstić information content (AvgIpc) is 2.82. The number of amides is 1. The molecule has 2 aromatic heterocycles. The van der Waals surface area contributed by atoms with Crippen LogP contribution >= 0.6 is 11.3 Å². The molecule has 0 bridgehead atoms. The molecule has 6 nitrogen and oxygen atoms in total. The van der Waals surface area contributed by atoms with Gasteiger partial charge in [-0.05, 0) is 19.1 Å². The number of hydrogen-bond donors (Lipinski definition) is 2. The largest absolute Gasteiger partial charge is 0.375 e. The van der Waals surface area contributed by atoms with Crippen molar-refractivity contribution in [3.63, 3.8) is 0 Å². The highest BCUT2D eigenvalue weighted by Gasteiger charge is 2.11. The standard InChI is InChI=1S/C13H16N4O2S/c1-8-3-4-10(12(19)17(8)2)11(18)15-6-5-9-7-20-13(14)16-9/h3-4,7H,5-6H2,1-2H3,(H2,14,16)(H,15,18). The number of thiazole rings is 1. The average molecular weight is 292 g/mol. The second-order valence-corrected chi connectivity index (χ2v) is 5.33. The van der Waals surface area contributed by atoms with Crippen molar-refractivity contribution in [2.75, 3.05) is 12.3 Å². The maximum atomic E-state index is 12.0. The molecule has 3 N–H and O–H groups in total. The fourth-order valence-electron chi connectivity index (χ4n) is 1.74. The fourth-order valence-corrected chi connectivity index (χ4v) is 2.33. The van der Waals surface area contributed by atoms with Crippen molar-refractivity contribution in [2.24, 2.45) is 7.05 Å². The number of nitrogen functional groups attached to an aromatic ring is 1. The first-order chi connectivity index (χ1) is 9.49. The number of rotatable bonds is 4. The molecule has 0 aliphatic carbocycles. The van der Waals surface area contributed by atoms with E-state index in [0.717, 1.165) is 11.4 Å². The maximum absolute atomic E-state index is 12.0. The van der Waals surface area contributed by atoms with Gasteiger partial charge in [-0.15, -0.1) is 11.3 Å². The van der Waals surface area contributed by atoms with E-state index in [1.54, 1.807) is 19.2 Å². The summed E-state index contributed by atoms with van der Waals surface area (Å²) in [5.41, 5.74) is 7.03. The van der Waals surface area contributed by atoms with Crippen molar-refractivity contribution in [2.45, 2.75) is 13.3 Å². The lowest BCUT2D eigenvalue weighted by Gasteiger charge is -2.07. The summed E-state index contributed by atoms with van der Waals surface area (Å²) in [6.07, 6.45) is 0.589. The zero-order chi connectivity index (χ0) is 14.7. The van der Waals surface area contributed by atoms with Gasteiger partial charge >= 0.3 is 0 Å². The van der Waals surface area contributed by atoms with Crippen LogP contribution in [0.5, 0.6) is 0 Å². The number of carbonyl (C=O) groups is 1. The van der Waals surface area contributed by atoms with E-state index in [-0.39, 0.29) is 17.0 Å². The van der Waals surface area contributed by atoms with Crippen LogP contribution in [-0.4, -0.2) is 22.0 Å². The van der Waals surface area contributed by atoms with Crippen LogP contribution in [0.15, 0.2) is 22.3 Å². The van der Waals surface area contributed by atoms with Gasteiger partial charge in [0, 0.05) is 31.1 Å². The summed E-state index contributed by atoms with van der Waals surface area (Å²) < 4.78 is 1.45. The molecule has 0 saturated carbocycles. The van der Waals surface area contributed by atoms with E-state index in [2.05, 4.69) is 10.3 Å². The van der Waals surface area contributed by atoms with E-state index in [4.69, 9.17) is 5.73 Å². The molecule has 0 unspecified atom stereocenters. The molecule has 0 atom stereocenters. The molecule has 106 valence electrons. The number of hydrogen-bond acceptors (Lipinski definition) is 5. The normalized spacial score (nSPS) is 10.5. The molecule has 0 fully saturated rings. The van der Waals surface area contributed by atoms with Gasteiger partial charge in [-0.25, -0.2) is 4.98 Å². The smallest absolute Gasteiger partial charge is 0.263 e. The topological polar surface area (TPSA) is 90.0 Å². The summed E-state index contributed by atoms with van der Waals surface area (Å²) in [4.78, 5) is 28.0. The van der Waals surface area contributed by atoms with Crippen LogP contribution in [0.1, 0.15) is 21.7 Å². The van der Waals surface area contributed by atoms with Crippen molar-refractivity contribution in [1.82, 2.24) is 14.9 Å². The lowest BCUT2D eigenvalue weighted by molar-refractivity contribution is 0.0952. The summed E-state index contributed by atoms with van der Waals surface area (Å²) in [7, 11) is 1.65. The maximum Gasteiger partial charge on any atom is 0.263 e. The monoisotopic (exact) mass is 292 g/mol. The first-order valence-electron chi connectivity index (χ1n) is 6.13. The lowest BCUT2D eigenvalue weighted by atomic mass is 10.2. The molecular formula is C13H16N4O2S. The van der Waals surface area contributed by atoms with Crippen LogP contribution in [0.4, 0.5) is 5.13 Å². The fraction of sp³-hybridized carbons (Fsp3) is 0.308. The molecule has 2 rings (SSSR count). The Morgan fingerprint density at radius 1 is 1.50 bits per heavy atom. The van der Waals surface area contributed by atoms with Gasteiger partial charge in [0.1, 0.15) is 5.56 Å². The third-order valence-electron chi connectivity index (χ3n) is 3.04. The van der Waals surface area contributed by atoms with Gasteiger partial charge in [-0.1, -0.05) is 0 Å². The Balaban J connectivity index is 1.99. The highest BCUT2D eigenvalue weighted by atomic mass is 32.1. The molecule has 2 heterocycles. The van der Waals surface area contributed by atoms with Gasteiger partial charge in [0.25, 0.3) is 11.5 Å². The number of nitrogens with two attached hydrogens (primary N) is 1. The van der Waals surface area contributed by atoms with E-state index in [1.807, 2.05) is 12.3 Å². The quantitative estimate of drug-likeness (QED) is 0.868. The Labute approximate surface area is 120 Å². The Morgan fingerprint density at radius 2 is 2.25 bits per heavy atom. The molecule has 0 aliphatic heterocycles. The summed E-state index contributed by atoms with van der Waals surface area (Å²) in [5, 5.41) is 5.08. The van der Waals surface area contributed by atoms with Gasteiger partial charge in [-0.3, -0.25) is 9.59 Å². The number of carbonyl (C=O) groups excluding carboxylic acids is 1. The molecule has 0 saturated heterocycles. The predicted octanol–water partition coefficient (Wildman–Crippen LogP) is 0.705. The van der Waals surface area contributed by atoms with E-state index in [9.17, 15) is 9.59 Å². The summed E-state index contributed by atoms with van der Waals surface area (Å²) >= 11 is 1.37. The number of aromatic nitrogens is 2. The Morgan fingerprint density at radius 3 is 2.90 bits per heavy atom. The molecule has 2 aromatic rings. The van der Waals surface area contributed by atoms with Gasteiger partial charge in [0.2, 0.25) is 0 Å². The summed E-state index contributed by atoms with van der Waals surface area (Å²) in [5.74, 6) is -0.367. The van der Waals surface area contributed by atoms with Crippen LogP contribution in [0, 0.1) is 6.92 Å². The zero-order valence-corrected chi connectivity index (χ0v) is 12.2. The number of aryl methyl sites for hydroxylation is 1. The molecule has 0 radical (unpaired) electrons. The zero-order valence-electron chi connectivity index (χ0n) is 11.3. The third kappa shape index (κ3) is 3.05. The Kier molecular flexibility index (Phi) is 4.19. The van der Waals surface area contributed by atoms with E-state index >= 15 is 0 Å². The molecule has 20 heavy (non-hydrogen) atoms. The lowest BCUT2D eigenvalue weighted by Crippen LogP contribution is -2.33. The van der Waals surface area contributed by atoms with Crippen molar-refractivity contribution >= 4 is 22.4 Å². The highest BCUT2D eigenvalue weighted by Crippen LogP contribution is 2.10. The minimum Gasteiger partial charge on any atom is -0.375 e. The van der Waals surface area contributed by atoms with Crippen LogP contribution in [0.25, 0.3) is 0 Å². The molecule has 7 heteroatoms. The van der Waals surface area contributed by atoms with Crippen LogP contribution in [0.3, 0.4) is 0 Å². The molecular weight excluding hydrogens is 276 g/mol. The first kappa shape index (κ1) is 14.3. The number of anilines is 1. The predicted molar refractivity (Wildman–Crippen MR) is 79.0 cm³/mol.